The molecule has 2 rings (SSSR count). The first-order valence-electron chi connectivity index (χ1n) is 10.5. The van der Waals surface area contributed by atoms with Gasteiger partial charge in [0, 0.05) is 47.5 Å². The predicted octanol–water partition coefficient (Wildman–Crippen LogP) is 3.17. The van der Waals surface area contributed by atoms with Crippen molar-refractivity contribution in [1.82, 2.24) is 10.2 Å². The summed E-state index contributed by atoms with van der Waals surface area (Å²) < 4.78 is 23.9. The van der Waals surface area contributed by atoms with Crippen molar-refractivity contribution in [3.8, 4) is 0 Å². The molecule has 2 aliphatic heterocycles. The highest BCUT2D eigenvalue weighted by atomic mass is 127. The van der Waals surface area contributed by atoms with Crippen LogP contribution in [0.4, 0.5) is 0 Å². The number of nitrogens with one attached hydrogen (secondary N) is 1. The average Bonchev–Trinajstić information content (AvgIpc) is 2.66. The number of ether oxygens (including phenoxy) is 2. The maximum atomic E-state index is 12.2. The van der Waals surface area contributed by atoms with Gasteiger partial charge < -0.3 is 19.7 Å². The van der Waals surface area contributed by atoms with E-state index < -0.39 is 10.8 Å². The van der Waals surface area contributed by atoms with Crippen LogP contribution < -0.4 is 5.32 Å². The van der Waals surface area contributed by atoms with Gasteiger partial charge in [-0.3, -0.25) is 9.20 Å². The van der Waals surface area contributed by atoms with Gasteiger partial charge in [-0.15, -0.1) is 24.0 Å². The lowest BCUT2D eigenvalue weighted by Gasteiger charge is -2.35. The predicted molar refractivity (Wildman–Crippen MR) is 128 cm³/mol. The van der Waals surface area contributed by atoms with E-state index >= 15 is 0 Å². The molecule has 2 atom stereocenters. The largest absolute Gasteiger partial charge is 0.376 e. The van der Waals surface area contributed by atoms with Crippen molar-refractivity contribution < 1.29 is 13.7 Å². The van der Waals surface area contributed by atoms with Crippen LogP contribution in [0.5, 0.6) is 0 Å². The Morgan fingerprint density at radius 2 is 1.96 bits per heavy atom. The molecular weight excluding hydrogens is 489 g/mol. The highest BCUT2D eigenvalue weighted by Gasteiger charge is 2.24. The van der Waals surface area contributed by atoms with E-state index in [1.54, 1.807) is 0 Å². The zero-order valence-electron chi connectivity index (χ0n) is 18.1. The van der Waals surface area contributed by atoms with Gasteiger partial charge in [0.15, 0.2) is 5.96 Å². The first-order chi connectivity index (χ1) is 12.9. The maximum Gasteiger partial charge on any atom is 0.193 e. The van der Waals surface area contributed by atoms with E-state index in [1.165, 1.54) is 12.8 Å². The standard InChI is InChI=1S/C20H39N3O3S.HI/c1-5-21-19(22-11-15-27(24)20(2,3)4)23-12-9-17(10-13-23)26-16-18-8-6-7-14-25-18;/h17-18H,5-16H2,1-4H3,(H,21,22);1H. The first kappa shape index (κ1) is 26.1. The summed E-state index contributed by atoms with van der Waals surface area (Å²) in [6.07, 6.45) is 6.23. The third-order valence-electron chi connectivity index (χ3n) is 5.09. The SMILES string of the molecule is CCNC(=NCCS(=O)C(C)(C)C)N1CCC(OCC2CCCCO2)CC1.I. The van der Waals surface area contributed by atoms with E-state index in [1.807, 2.05) is 20.8 Å². The molecule has 0 aromatic carbocycles. The number of halogens is 1. The molecule has 2 aliphatic rings. The summed E-state index contributed by atoms with van der Waals surface area (Å²) in [4.78, 5) is 7.02. The second kappa shape index (κ2) is 13.4. The van der Waals surface area contributed by atoms with Gasteiger partial charge in [0.05, 0.1) is 25.4 Å². The van der Waals surface area contributed by atoms with Gasteiger partial charge in [0.1, 0.15) is 0 Å². The molecule has 2 saturated heterocycles. The Hall–Kier alpha value is 0.0700. The van der Waals surface area contributed by atoms with E-state index in [2.05, 4.69) is 17.1 Å². The minimum Gasteiger partial charge on any atom is -0.376 e. The highest BCUT2D eigenvalue weighted by molar-refractivity contribution is 14.0. The Morgan fingerprint density at radius 1 is 1.25 bits per heavy atom. The lowest BCUT2D eigenvalue weighted by atomic mass is 10.1. The Bertz CT molecular complexity index is 486. The number of aliphatic imine (C=N–C) groups is 1. The van der Waals surface area contributed by atoms with E-state index in [-0.39, 0.29) is 28.7 Å². The quantitative estimate of drug-likeness (QED) is 0.312. The third kappa shape index (κ3) is 9.26. The number of piperidine rings is 1. The van der Waals surface area contributed by atoms with Crippen molar-refractivity contribution in [3.63, 3.8) is 0 Å². The van der Waals surface area contributed by atoms with Crippen LogP contribution in [0.15, 0.2) is 4.99 Å². The average molecular weight is 530 g/mol. The van der Waals surface area contributed by atoms with Gasteiger partial charge >= 0.3 is 0 Å². The minimum atomic E-state index is -0.859. The molecule has 2 unspecified atom stereocenters. The van der Waals surface area contributed by atoms with Gasteiger partial charge in [-0.2, -0.15) is 0 Å². The van der Waals surface area contributed by atoms with Crippen molar-refractivity contribution in [2.24, 2.45) is 4.99 Å². The zero-order chi connectivity index (χ0) is 19.7. The molecule has 0 aromatic heterocycles. The lowest BCUT2D eigenvalue weighted by molar-refractivity contribution is -0.0721. The van der Waals surface area contributed by atoms with Crippen LogP contribution in [0.3, 0.4) is 0 Å². The Kier molecular flexibility index (Phi) is 12.5. The fraction of sp³-hybridized carbons (Fsp3) is 0.950. The smallest absolute Gasteiger partial charge is 0.193 e. The number of hydrogen-bond donors (Lipinski definition) is 1. The zero-order valence-corrected chi connectivity index (χ0v) is 21.2. The second-order valence-corrected chi connectivity index (χ2v) is 10.7. The van der Waals surface area contributed by atoms with Crippen LogP contribution in [0.2, 0.25) is 0 Å². The third-order valence-corrected chi connectivity index (χ3v) is 7.01. The van der Waals surface area contributed by atoms with Crippen LogP contribution >= 0.6 is 24.0 Å². The van der Waals surface area contributed by atoms with Gasteiger partial charge in [-0.05, 0) is 59.8 Å². The molecule has 2 fully saturated rings. The minimum absolute atomic E-state index is 0. The van der Waals surface area contributed by atoms with Gasteiger partial charge in [0.2, 0.25) is 0 Å². The van der Waals surface area contributed by atoms with Crippen LogP contribution in [-0.4, -0.2) is 77.2 Å². The summed E-state index contributed by atoms with van der Waals surface area (Å²) in [6.45, 7) is 13.1. The lowest BCUT2D eigenvalue weighted by Crippen LogP contribution is -2.47. The molecule has 0 aromatic rings. The summed E-state index contributed by atoms with van der Waals surface area (Å²) in [5.74, 6) is 1.55. The second-order valence-electron chi connectivity index (χ2n) is 8.41. The summed E-state index contributed by atoms with van der Waals surface area (Å²) in [6, 6.07) is 0. The Balaban J connectivity index is 0.00000392. The van der Waals surface area contributed by atoms with E-state index in [0.29, 0.717) is 24.5 Å². The van der Waals surface area contributed by atoms with Crippen molar-refractivity contribution in [2.75, 3.05) is 45.1 Å². The summed E-state index contributed by atoms with van der Waals surface area (Å²) in [5, 5.41) is 3.38. The molecule has 0 saturated carbocycles. The van der Waals surface area contributed by atoms with Crippen LogP contribution in [-0.2, 0) is 20.3 Å². The summed E-state index contributed by atoms with van der Waals surface area (Å²) >= 11 is 0. The van der Waals surface area contributed by atoms with Crippen LogP contribution in [0.1, 0.15) is 59.8 Å². The molecule has 0 bridgehead atoms. The molecule has 0 aliphatic carbocycles. The fourth-order valence-electron chi connectivity index (χ4n) is 3.38. The Labute approximate surface area is 191 Å². The molecule has 28 heavy (non-hydrogen) atoms. The molecule has 0 spiro atoms. The number of guanidine groups is 1. The van der Waals surface area contributed by atoms with Gasteiger partial charge in [0.25, 0.3) is 0 Å². The van der Waals surface area contributed by atoms with Crippen LogP contribution in [0, 0.1) is 0 Å². The van der Waals surface area contributed by atoms with Crippen molar-refractivity contribution in [3.05, 3.63) is 0 Å². The molecule has 2 heterocycles. The van der Waals surface area contributed by atoms with E-state index in [9.17, 15) is 4.21 Å². The molecular formula is C20H40IN3O3S. The monoisotopic (exact) mass is 529 g/mol. The number of nitrogens with zero attached hydrogens (tertiary/aromatic N) is 2. The van der Waals surface area contributed by atoms with E-state index in [4.69, 9.17) is 14.5 Å². The van der Waals surface area contributed by atoms with E-state index in [0.717, 1.165) is 58.1 Å². The molecule has 0 radical (unpaired) electrons. The van der Waals surface area contributed by atoms with Crippen LogP contribution in [0.25, 0.3) is 0 Å². The topological polar surface area (TPSA) is 63.2 Å². The molecule has 6 nitrogen and oxygen atoms in total. The maximum absolute atomic E-state index is 12.2. The Morgan fingerprint density at radius 3 is 2.54 bits per heavy atom. The number of rotatable bonds is 7. The van der Waals surface area contributed by atoms with Crippen molar-refractivity contribution in [1.29, 1.82) is 0 Å². The molecule has 1 N–H and O–H groups in total. The highest BCUT2D eigenvalue weighted by Crippen LogP contribution is 2.18. The first-order valence-corrected chi connectivity index (χ1v) is 11.9. The van der Waals surface area contributed by atoms with Crippen molar-refractivity contribution in [2.45, 2.75) is 76.8 Å². The van der Waals surface area contributed by atoms with Crippen molar-refractivity contribution >= 4 is 40.7 Å². The summed E-state index contributed by atoms with van der Waals surface area (Å²) in [5.41, 5.74) is 0. The van der Waals surface area contributed by atoms with Gasteiger partial charge in [-0.25, -0.2) is 0 Å². The number of likely N-dealkylation sites (tertiary alicyclic amines) is 1. The number of hydrogen-bond acceptors (Lipinski definition) is 4. The summed E-state index contributed by atoms with van der Waals surface area (Å²) in [7, 11) is -0.859. The fourth-order valence-corrected chi connectivity index (χ4v) is 4.25. The molecule has 0 amide bonds. The molecule has 8 heteroatoms. The normalized spacial score (nSPS) is 23.2. The molecule has 166 valence electrons. The van der Waals surface area contributed by atoms with Gasteiger partial charge in [-0.1, -0.05) is 0 Å².